The van der Waals surface area contributed by atoms with E-state index >= 15 is 0 Å². The Bertz CT molecular complexity index is 400. The average molecular weight is 226 g/mol. The van der Waals surface area contributed by atoms with Gasteiger partial charge in [0.2, 0.25) is 5.82 Å². The Morgan fingerprint density at radius 1 is 1.44 bits per heavy atom. The standard InChI is InChI=1S/C9H14N4O3/c1-9(2,3)16-8-6(13(14)15)7(10-4)11-5-12-8/h5H,1-4H3,(H,10,11,12). The van der Waals surface area contributed by atoms with Crippen molar-refractivity contribution >= 4 is 11.5 Å². The molecule has 0 aliphatic heterocycles. The van der Waals surface area contributed by atoms with Crippen molar-refractivity contribution in [2.75, 3.05) is 12.4 Å². The third-order valence-electron chi connectivity index (χ3n) is 1.61. The van der Waals surface area contributed by atoms with E-state index in [0.29, 0.717) is 0 Å². The molecule has 0 bridgehead atoms. The molecule has 0 saturated heterocycles. The van der Waals surface area contributed by atoms with Gasteiger partial charge in [-0.05, 0) is 20.8 Å². The number of nitro groups is 1. The number of rotatable bonds is 3. The van der Waals surface area contributed by atoms with Crippen molar-refractivity contribution < 1.29 is 9.66 Å². The lowest BCUT2D eigenvalue weighted by molar-refractivity contribution is -0.385. The van der Waals surface area contributed by atoms with Crippen LogP contribution in [0.1, 0.15) is 20.8 Å². The van der Waals surface area contributed by atoms with E-state index in [0.717, 1.165) is 0 Å². The highest BCUT2D eigenvalue weighted by atomic mass is 16.6. The molecule has 88 valence electrons. The van der Waals surface area contributed by atoms with Gasteiger partial charge in [-0.3, -0.25) is 10.1 Å². The van der Waals surface area contributed by atoms with Crippen molar-refractivity contribution in [2.45, 2.75) is 26.4 Å². The number of hydrogen-bond acceptors (Lipinski definition) is 6. The van der Waals surface area contributed by atoms with Crippen molar-refractivity contribution in [1.82, 2.24) is 9.97 Å². The first kappa shape index (κ1) is 12.2. The minimum atomic E-state index is -0.563. The zero-order valence-electron chi connectivity index (χ0n) is 9.64. The predicted molar refractivity (Wildman–Crippen MR) is 58.6 cm³/mol. The molecule has 7 heteroatoms. The van der Waals surface area contributed by atoms with E-state index in [2.05, 4.69) is 15.3 Å². The minimum Gasteiger partial charge on any atom is -0.467 e. The molecule has 1 aromatic rings. The maximum atomic E-state index is 10.9. The van der Waals surface area contributed by atoms with Crippen LogP contribution >= 0.6 is 0 Å². The molecule has 1 N–H and O–H groups in total. The number of anilines is 1. The second kappa shape index (κ2) is 4.30. The van der Waals surface area contributed by atoms with E-state index in [1.165, 1.54) is 6.33 Å². The van der Waals surface area contributed by atoms with Gasteiger partial charge in [0.25, 0.3) is 5.88 Å². The van der Waals surface area contributed by atoms with E-state index in [4.69, 9.17) is 4.74 Å². The molecule has 1 heterocycles. The smallest absolute Gasteiger partial charge is 0.372 e. The fourth-order valence-electron chi connectivity index (χ4n) is 1.07. The van der Waals surface area contributed by atoms with E-state index in [9.17, 15) is 10.1 Å². The number of hydrogen-bond donors (Lipinski definition) is 1. The maximum Gasteiger partial charge on any atom is 0.372 e. The predicted octanol–water partition coefficient (Wildman–Crippen LogP) is 1.60. The molecule has 0 unspecified atom stereocenters. The van der Waals surface area contributed by atoms with Gasteiger partial charge in [-0.15, -0.1) is 0 Å². The Balaban J connectivity index is 3.22. The van der Waals surface area contributed by atoms with Crippen LogP contribution in [0.3, 0.4) is 0 Å². The van der Waals surface area contributed by atoms with Gasteiger partial charge in [0.1, 0.15) is 11.9 Å². The lowest BCUT2D eigenvalue weighted by Crippen LogP contribution is -2.24. The molecule has 1 rings (SSSR count). The third-order valence-corrected chi connectivity index (χ3v) is 1.61. The molecule has 0 radical (unpaired) electrons. The van der Waals surface area contributed by atoms with Crippen LogP contribution in [0, 0.1) is 10.1 Å². The van der Waals surface area contributed by atoms with Gasteiger partial charge < -0.3 is 10.1 Å². The molecular formula is C9H14N4O3. The number of aromatic nitrogens is 2. The van der Waals surface area contributed by atoms with Crippen LogP contribution in [0.2, 0.25) is 0 Å². The molecule has 7 nitrogen and oxygen atoms in total. The molecule has 0 atom stereocenters. The first-order valence-electron chi connectivity index (χ1n) is 4.71. The maximum absolute atomic E-state index is 10.9. The van der Waals surface area contributed by atoms with Crippen LogP contribution in [0.5, 0.6) is 5.88 Å². The van der Waals surface area contributed by atoms with E-state index < -0.39 is 10.5 Å². The SMILES string of the molecule is CNc1ncnc(OC(C)(C)C)c1[N+](=O)[O-]. The van der Waals surface area contributed by atoms with Gasteiger partial charge in [-0.1, -0.05) is 0 Å². The molecule has 0 saturated carbocycles. The van der Waals surface area contributed by atoms with Crippen LogP contribution in [0.15, 0.2) is 6.33 Å². The number of nitrogens with zero attached hydrogens (tertiary/aromatic N) is 3. The molecule has 16 heavy (non-hydrogen) atoms. The summed E-state index contributed by atoms with van der Waals surface area (Å²) >= 11 is 0. The van der Waals surface area contributed by atoms with Gasteiger partial charge in [-0.2, -0.15) is 4.98 Å². The lowest BCUT2D eigenvalue weighted by Gasteiger charge is -2.20. The molecule has 0 aromatic carbocycles. The van der Waals surface area contributed by atoms with E-state index in [1.807, 2.05) is 0 Å². The fourth-order valence-corrected chi connectivity index (χ4v) is 1.07. The second-order valence-corrected chi connectivity index (χ2v) is 4.10. The Hall–Kier alpha value is -1.92. The summed E-state index contributed by atoms with van der Waals surface area (Å²) in [5, 5.41) is 13.5. The van der Waals surface area contributed by atoms with Crippen LogP contribution in [0.4, 0.5) is 11.5 Å². The Kier molecular flexibility index (Phi) is 3.26. The summed E-state index contributed by atoms with van der Waals surface area (Å²) in [5.41, 5.74) is -0.802. The molecular weight excluding hydrogens is 212 g/mol. The third kappa shape index (κ3) is 2.78. The monoisotopic (exact) mass is 226 g/mol. The quantitative estimate of drug-likeness (QED) is 0.621. The van der Waals surface area contributed by atoms with Gasteiger partial charge in [-0.25, -0.2) is 4.98 Å². The highest BCUT2D eigenvalue weighted by molar-refractivity contribution is 5.60. The minimum absolute atomic E-state index is 0.0307. The highest BCUT2D eigenvalue weighted by Gasteiger charge is 2.27. The van der Waals surface area contributed by atoms with E-state index in [-0.39, 0.29) is 17.4 Å². The molecule has 0 spiro atoms. The Morgan fingerprint density at radius 3 is 2.50 bits per heavy atom. The van der Waals surface area contributed by atoms with Crippen molar-refractivity contribution in [2.24, 2.45) is 0 Å². The molecule has 0 fully saturated rings. The topological polar surface area (TPSA) is 90.2 Å². The Labute approximate surface area is 93.0 Å². The molecule has 0 amide bonds. The zero-order chi connectivity index (χ0) is 12.3. The van der Waals surface area contributed by atoms with Crippen molar-refractivity contribution in [3.63, 3.8) is 0 Å². The average Bonchev–Trinajstić information content (AvgIpc) is 2.14. The first-order valence-corrected chi connectivity index (χ1v) is 4.71. The zero-order valence-corrected chi connectivity index (χ0v) is 9.64. The highest BCUT2D eigenvalue weighted by Crippen LogP contribution is 2.32. The lowest BCUT2D eigenvalue weighted by atomic mass is 10.2. The molecule has 0 aliphatic rings. The number of nitrogens with one attached hydrogen (secondary N) is 1. The van der Waals surface area contributed by atoms with Crippen LogP contribution in [-0.4, -0.2) is 27.5 Å². The number of ether oxygens (including phenoxy) is 1. The van der Waals surface area contributed by atoms with Crippen LogP contribution < -0.4 is 10.1 Å². The molecule has 1 aromatic heterocycles. The van der Waals surface area contributed by atoms with Gasteiger partial charge in [0.05, 0.1) is 4.92 Å². The van der Waals surface area contributed by atoms with Gasteiger partial charge >= 0.3 is 5.69 Å². The van der Waals surface area contributed by atoms with E-state index in [1.54, 1.807) is 27.8 Å². The summed E-state index contributed by atoms with van der Waals surface area (Å²) in [5.74, 6) is 0.108. The van der Waals surface area contributed by atoms with Gasteiger partial charge in [0.15, 0.2) is 0 Å². The first-order chi connectivity index (χ1) is 7.35. The summed E-state index contributed by atoms with van der Waals surface area (Å²) in [6, 6.07) is 0. The normalized spacial score (nSPS) is 11.0. The largest absolute Gasteiger partial charge is 0.467 e. The summed E-state index contributed by atoms with van der Waals surface area (Å²) in [6.45, 7) is 5.37. The Morgan fingerprint density at radius 2 is 2.06 bits per heavy atom. The van der Waals surface area contributed by atoms with Crippen molar-refractivity contribution in [3.05, 3.63) is 16.4 Å². The van der Waals surface area contributed by atoms with Crippen molar-refractivity contribution in [1.29, 1.82) is 0 Å². The fraction of sp³-hybridized carbons (Fsp3) is 0.556. The summed E-state index contributed by atoms with van der Waals surface area (Å²) in [4.78, 5) is 17.9. The molecule has 0 aliphatic carbocycles. The summed E-state index contributed by atoms with van der Waals surface area (Å²) in [7, 11) is 1.55. The van der Waals surface area contributed by atoms with Crippen LogP contribution in [-0.2, 0) is 0 Å². The summed E-state index contributed by atoms with van der Waals surface area (Å²) < 4.78 is 5.40. The van der Waals surface area contributed by atoms with Gasteiger partial charge in [0, 0.05) is 7.05 Å². The van der Waals surface area contributed by atoms with Crippen LogP contribution in [0.25, 0.3) is 0 Å². The van der Waals surface area contributed by atoms with Crippen molar-refractivity contribution in [3.8, 4) is 5.88 Å². The second-order valence-electron chi connectivity index (χ2n) is 4.10. The summed E-state index contributed by atoms with van der Waals surface area (Å²) in [6.07, 6.45) is 1.22.